The average molecular weight is 228 g/mol. The summed E-state index contributed by atoms with van der Waals surface area (Å²) in [6.07, 6.45) is 3.66. The third-order valence-electron chi connectivity index (χ3n) is 1.44. The van der Waals surface area contributed by atoms with Crippen molar-refractivity contribution < 1.29 is 17.5 Å². The molecule has 5 heteroatoms. The van der Waals surface area contributed by atoms with Crippen LogP contribution < -0.4 is 0 Å². The number of hydrogen-bond donors (Lipinski definition) is 2. The van der Waals surface area contributed by atoms with E-state index in [0.717, 1.165) is 11.1 Å². The van der Waals surface area contributed by atoms with Crippen molar-refractivity contribution in [2.75, 3.05) is 0 Å². The molecule has 0 unspecified atom stereocenters. The van der Waals surface area contributed by atoms with Gasteiger partial charge in [-0.3, -0.25) is 9.11 Å². The molecule has 0 aromatic heterocycles. The van der Waals surface area contributed by atoms with Crippen molar-refractivity contribution in [1.82, 2.24) is 0 Å². The summed E-state index contributed by atoms with van der Waals surface area (Å²) in [5.74, 6) is 0. The van der Waals surface area contributed by atoms with Crippen molar-refractivity contribution in [3.63, 3.8) is 0 Å². The fraction of sp³-hybridized carbons (Fsp3) is 0. The van der Waals surface area contributed by atoms with Crippen LogP contribution in [0.1, 0.15) is 11.1 Å². The molecule has 0 saturated heterocycles. The Kier molecular flexibility index (Phi) is 5.54. The zero-order valence-electron chi connectivity index (χ0n) is 8.00. The van der Waals surface area contributed by atoms with E-state index < -0.39 is 10.4 Å². The van der Waals surface area contributed by atoms with E-state index in [-0.39, 0.29) is 0 Å². The quantitative estimate of drug-likeness (QED) is 0.762. The van der Waals surface area contributed by atoms with Gasteiger partial charge in [0.05, 0.1) is 0 Å². The van der Waals surface area contributed by atoms with E-state index in [9.17, 15) is 0 Å². The van der Waals surface area contributed by atoms with Gasteiger partial charge in [0.15, 0.2) is 0 Å². The van der Waals surface area contributed by atoms with E-state index in [0.29, 0.717) is 0 Å². The minimum Gasteiger partial charge on any atom is -0.264 e. The Morgan fingerprint density at radius 1 is 1.00 bits per heavy atom. The van der Waals surface area contributed by atoms with Crippen molar-refractivity contribution in [2.24, 2.45) is 0 Å². The maximum Gasteiger partial charge on any atom is 0.394 e. The van der Waals surface area contributed by atoms with Gasteiger partial charge in [-0.2, -0.15) is 8.42 Å². The summed E-state index contributed by atoms with van der Waals surface area (Å²) in [6, 6.07) is 8.02. The van der Waals surface area contributed by atoms with E-state index in [4.69, 9.17) is 17.5 Å². The fourth-order valence-corrected chi connectivity index (χ4v) is 0.883. The molecule has 0 atom stereocenters. The van der Waals surface area contributed by atoms with Crippen molar-refractivity contribution >= 4 is 22.6 Å². The van der Waals surface area contributed by atoms with Gasteiger partial charge in [-0.1, -0.05) is 49.6 Å². The molecular weight excluding hydrogens is 216 g/mol. The molecule has 0 bridgehead atoms. The maximum atomic E-state index is 8.74. The maximum absolute atomic E-state index is 8.74. The van der Waals surface area contributed by atoms with Crippen LogP contribution >= 0.6 is 0 Å². The van der Waals surface area contributed by atoms with Gasteiger partial charge in [0, 0.05) is 0 Å². The van der Waals surface area contributed by atoms with Crippen LogP contribution in [0.15, 0.2) is 37.4 Å². The van der Waals surface area contributed by atoms with Gasteiger partial charge < -0.3 is 0 Å². The van der Waals surface area contributed by atoms with Gasteiger partial charge in [0.1, 0.15) is 0 Å². The van der Waals surface area contributed by atoms with E-state index in [1.807, 2.05) is 36.4 Å². The highest BCUT2D eigenvalue weighted by Crippen LogP contribution is 2.10. The Labute approximate surface area is 89.1 Å². The minimum atomic E-state index is -4.67. The average Bonchev–Trinajstić information content (AvgIpc) is 2.15. The van der Waals surface area contributed by atoms with Crippen LogP contribution in [0.25, 0.3) is 12.2 Å². The Balaban J connectivity index is 0.000000336. The van der Waals surface area contributed by atoms with Gasteiger partial charge in [0.2, 0.25) is 0 Å². The minimum absolute atomic E-state index is 1.14. The lowest BCUT2D eigenvalue weighted by atomic mass is 10.1. The molecule has 4 nitrogen and oxygen atoms in total. The van der Waals surface area contributed by atoms with Gasteiger partial charge in [0.25, 0.3) is 0 Å². The summed E-state index contributed by atoms with van der Waals surface area (Å²) < 4.78 is 31.6. The third-order valence-corrected chi connectivity index (χ3v) is 1.44. The van der Waals surface area contributed by atoms with Gasteiger partial charge >= 0.3 is 10.4 Å². The largest absolute Gasteiger partial charge is 0.394 e. The highest BCUT2D eigenvalue weighted by molar-refractivity contribution is 7.79. The topological polar surface area (TPSA) is 74.6 Å². The van der Waals surface area contributed by atoms with Crippen LogP contribution in [-0.4, -0.2) is 17.5 Å². The molecule has 82 valence electrons. The SMILES string of the molecule is C=Cc1ccccc1C=C.O=S(=O)(O)O. The number of hydrogen-bond acceptors (Lipinski definition) is 2. The predicted octanol–water partition coefficient (Wildman–Crippen LogP) is 2.32. The predicted molar refractivity (Wildman–Crippen MR) is 60.8 cm³/mol. The summed E-state index contributed by atoms with van der Waals surface area (Å²) in [7, 11) is -4.67. The second kappa shape index (κ2) is 6.13. The summed E-state index contributed by atoms with van der Waals surface area (Å²) in [4.78, 5) is 0. The molecule has 0 radical (unpaired) electrons. The fourth-order valence-electron chi connectivity index (χ4n) is 0.883. The Hall–Kier alpha value is -1.43. The molecule has 2 N–H and O–H groups in total. The zero-order valence-corrected chi connectivity index (χ0v) is 8.81. The Bertz CT molecular complexity index is 399. The standard InChI is InChI=1S/C10H10.H2O4S/c1-3-9-7-5-6-8-10(9)4-2;1-5(2,3)4/h3-8H,1-2H2;(H2,1,2,3,4). The molecule has 0 amide bonds. The smallest absolute Gasteiger partial charge is 0.264 e. The van der Waals surface area contributed by atoms with Crippen LogP contribution in [0.4, 0.5) is 0 Å². The molecule has 1 rings (SSSR count). The Morgan fingerprint density at radius 3 is 1.47 bits per heavy atom. The second-order valence-corrected chi connectivity index (χ2v) is 3.38. The summed E-state index contributed by atoms with van der Waals surface area (Å²) in [6.45, 7) is 7.38. The van der Waals surface area contributed by atoms with Crippen LogP contribution in [-0.2, 0) is 10.4 Å². The van der Waals surface area contributed by atoms with E-state index in [2.05, 4.69) is 13.2 Å². The first kappa shape index (κ1) is 13.6. The third kappa shape index (κ3) is 7.63. The molecule has 0 heterocycles. The molecule has 1 aromatic carbocycles. The summed E-state index contributed by atoms with van der Waals surface area (Å²) in [5.41, 5.74) is 2.27. The van der Waals surface area contributed by atoms with E-state index >= 15 is 0 Å². The molecule has 1 aromatic rings. The lowest BCUT2D eigenvalue weighted by Crippen LogP contribution is -1.89. The molecular formula is C10H12O4S. The molecule has 15 heavy (non-hydrogen) atoms. The van der Waals surface area contributed by atoms with E-state index in [1.54, 1.807) is 0 Å². The molecule has 0 spiro atoms. The van der Waals surface area contributed by atoms with Crippen LogP contribution in [0.3, 0.4) is 0 Å². The highest BCUT2D eigenvalue weighted by atomic mass is 32.3. The number of benzene rings is 1. The lowest BCUT2D eigenvalue weighted by Gasteiger charge is -1.96. The first-order chi connectivity index (χ1) is 6.88. The van der Waals surface area contributed by atoms with Crippen molar-refractivity contribution in [3.05, 3.63) is 48.6 Å². The molecule has 0 aliphatic carbocycles. The molecule has 0 aliphatic rings. The van der Waals surface area contributed by atoms with Crippen molar-refractivity contribution in [1.29, 1.82) is 0 Å². The van der Waals surface area contributed by atoms with Crippen LogP contribution in [0, 0.1) is 0 Å². The van der Waals surface area contributed by atoms with Crippen LogP contribution in [0.5, 0.6) is 0 Å². The first-order valence-electron chi connectivity index (χ1n) is 3.92. The summed E-state index contributed by atoms with van der Waals surface area (Å²) in [5, 5.41) is 0. The van der Waals surface area contributed by atoms with Gasteiger partial charge in [-0.15, -0.1) is 0 Å². The van der Waals surface area contributed by atoms with Crippen molar-refractivity contribution in [3.8, 4) is 0 Å². The summed E-state index contributed by atoms with van der Waals surface area (Å²) >= 11 is 0. The number of rotatable bonds is 2. The lowest BCUT2D eigenvalue weighted by molar-refractivity contribution is 0.381. The Morgan fingerprint density at radius 2 is 1.27 bits per heavy atom. The van der Waals surface area contributed by atoms with Gasteiger partial charge in [-0.25, -0.2) is 0 Å². The molecule has 0 aliphatic heterocycles. The monoisotopic (exact) mass is 228 g/mol. The van der Waals surface area contributed by atoms with Crippen molar-refractivity contribution in [2.45, 2.75) is 0 Å². The van der Waals surface area contributed by atoms with Gasteiger partial charge in [-0.05, 0) is 11.1 Å². The van der Waals surface area contributed by atoms with Crippen LogP contribution in [0.2, 0.25) is 0 Å². The van der Waals surface area contributed by atoms with E-state index in [1.165, 1.54) is 0 Å². The zero-order chi connectivity index (χ0) is 11.9. The molecule has 0 fully saturated rings. The molecule has 0 saturated carbocycles. The normalized spacial score (nSPS) is 9.73. The second-order valence-electron chi connectivity index (χ2n) is 2.48. The first-order valence-corrected chi connectivity index (χ1v) is 5.32. The highest BCUT2D eigenvalue weighted by Gasteiger charge is 1.89.